The zero-order chi connectivity index (χ0) is 23.7. The normalized spacial score (nSPS) is 12.0. The Morgan fingerprint density at radius 1 is 1.31 bits per heavy atom. The maximum Gasteiger partial charge on any atom is 0.573 e. The number of aliphatic hydroxyl groups is 1. The first-order valence-electron chi connectivity index (χ1n) is 9.40. The molecular weight excluding hydrogens is 436 g/mol. The highest BCUT2D eigenvalue weighted by Crippen LogP contribution is 2.27. The topological polar surface area (TPSA) is 120 Å². The summed E-state index contributed by atoms with van der Waals surface area (Å²) in [6, 6.07) is 3.15. The van der Waals surface area contributed by atoms with E-state index in [1.54, 1.807) is 6.92 Å². The van der Waals surface area contributed by atoms with Gasteiger partial charge in [0.15, 0.2) is 17.4 Å². The number of hydrogen-bond acceptors (Lipinski definition) is 7. The summed E-state index contributed by atoms with van der Waals surface area (Å²) >= 11 is 0. The van der Waals surface area contributed by atoms with Gasteiger partial charge in [-0.25, -0.2) is 14.4 Å². The first kappa shape index (κ1) is 25.0. The molecular formula is C20H22F4N4O4. The molecule has 0 aliphatic heterocycles. The van der Waals surface area contributed by atoms with Gasteiger partial charge in [-0.3, -0.25) is 4.79 Å². The third-order valence-corrected chi connectivity index (χ3v) is 4.12. The molecule has 174 valence electrons. The molecule has 4 N–H and O–H groups in total. The summed E-state index contributed by atoms with van der Waals surface area (Å²) < 4.78 is 59.6. The lowest BCUT2D eigenvalue weighted by atomic mass is 10.0. The second-order valence-corrected chi connectivity index (χ2v) is 6.47. The van der Waals surface area contributed by atoms with E-state index in [2.05, 4.69) is 20.0 Å². The molecule has 32 heavy (non-hydrogen) atoms. The number of hydrogen-bond donors (Lipinski definition) is 3. The van der Waals surface area contributed by atoms with E-state index in [9.17, 15) is 22.4 Å². The van der Waals surface area contributed by atoms with Crippen LogP contribution in [0.25, 0.3) is 5.57 Å². The van der Waals surface area contributed by atoms with Crippen molar-refractivity contribution in [2.24, 2.45) is 5.73 Å². The molecule has 0 radical (unpaired) electrons. The number of nitrogens with one attached hydrogen (secondary N) is 1. The van der Waals surface area contributed by atoms with Gasteiger partial charge in [0.2, 0.25) is 0 Å². The van der Waals surface area contributed by atoms with E-state index in [0.717, 1.165) is 18.3 Å². The molecule has 0 bridgehead atoms. The summed E-state index contributed by atoms with van der Waals surface area (Å²) in [5.74, 6) is -2.54. The fourth-order valence-electron chi connectivity index (χ4n) is 2.63. The van der Waals surface area contributed by atoms with Gasteiger partial charge < -0.3 is 25.6 Å². The van der Waals surface area contributed by atoms with Crippen LogP contribution in [0.3, 0.4) is 0 Å². The Bertz CT molecular complexity index is 967. The van der Waals surface area contributed by atoms with Gasteiger partial charge in [0.1, 0.15) is 0 Å². The van der Waals surface area contributed by atoms with E-state index >= 15 is 0 Å². The Morgan fingerprint density at radius 2 is 2.06 bits per heavy atom. The average molecular weight is 458 g/mol. The van der Waals surface area contributed by atoms with Crippen LogP contribution in [0.4, 0.5) is 17.6 Å². The predicted molar refractivity (Wildman–Crippen MR) is 106 cm³/mol. The zero-order valence-corrected chi connectivity index (χ0v) is 17.1. The van der Waals surface area contributed by atoms with Crippen molar-refractivity contribution in [1.29, 1.82) is 0 Å². The molecule has 1 heterocycles. The maximum absolute atomic E-state index is 13.6. The van der Waals surface area contributed by atoms with E-state index in [1.165, 1.54) is 12.3 Å². The lowest BCUT2D eigenvalue weighted by Gasteiger charge is -2.12. The van der Waals surface area contributed by atoms with Crippen LogP contribution in [0.1, 0.15) is 22.6 Å². The first-order valence-corrected chi connectivity index (χ1v) is 9.40. The van der Waals surface area contributed by atoms with Gasteiger partial charge in [0.25, 0.3) is 5.91 Å². The highest BCUT2D eigenvalue weighted by molar-refractivity contribution is 6.18. The summed E-state index contributed by atoms with van der Waals surface area (Å²) in [6.45, 7) is 2.03. The van der Waals surface area contributed by atoms with Crippen molar-refractivity contribution in [1.82, 2.24) is 15.3 Å². The van der Waals surface area contributed by atoms with Gasteiger partial charge in [-0.15, -0.1) is 13.2 Å². The first-order chi connectivity index (χ1) is 15.1. The van der Waals surface area contributed by atoms with Gasteiger partial charge >= 0.3 is 6.36 Å². The van der Waals surface area contributed by atoms with Crippen LogP contribution in [0.15, 0.2) is 30.6 Å². The highest BCUT2D eigenvalue weighted by Gasteiger charge is 2.32. The Morgan fingerprint density at radius 3 is 2.69 bits per heavy atom. The van der Waals surface area contributed by atoms with Gasteiger partial charge in [0.05, 0.1) is 25.4 Å². The number of aromatic nitrogens is 2. The number of benzene rings is 1. The van der Waals surface area contributed by atoms with Gasteiger partial charge in [-0.1, -0.05) is 6.07 Å². The Hall–Kier alpha value is -3.25. The molecule has 1 aromatic heterocycles. The number of nitrogens with zero attached hydrogens (tertiary/aromatic N) is 2. The average Bonchev–Trinajstić information content (AvgIpc) is 2.71. The number of ether oxygens (including phenoxy) is 2. The van der Waals surface area contributed by atoms with Crippen molar-refractivity contribution in [3.63, 3.8) is 0 Å². The minimum atomic E-state index is -5.02. The van der Waals surface area contributed by atoms with E-state index < -0.39 is 23.8 Å². The fraction of sp³-hybridized carbons (Fsp3) is 0.350. The molecule has 2 rings (SSSR count). The monoisotopic (exact) mass is 458 g/mol. The number of halogens is 4. The molecule has 0 spiro atoms. The molecule has 0 aliphatic rings. The van der Waals surface area contributed by atoms with Crippen LogP contribution in [-0.4, -0.2) is 53.7 Å². The number of carbonyl (C=O) groups excluding carboxylic acids is 1. The Balaban J connectivity index is 2.11. The molecule has 0 unspecified atom stereocenters. The minimum absolute atomic E-state index is 0.0180. The largest absolute Gasteiger partial charge is 0.573 e. The van der Waals surface area contributed by atoms with Crippen LogP contribution in [0.2, 0.25) is 0 Å². The highest BCUT2D eigenvalue weighted by atomic mass is 19.4. The predicted octanol–water partition coefficient (Wildman–Crippen LogP) is 1.84. The molecule has 0 aliphatic carbocycles. The molecule has 0 saturated heterocycles. The van der Waals surface area contributed by atoms with E-state index in [4.69, 9.17) is 15.6 Å². The summed E-state index contributed by atoms with van der Waals surface area (Å²) in [5, 5.41) is 11.2. The SMILES string of the molecule is Cc1nc(/C(=C\N)C(=O)NCCOCCO)ncc1Cc1ccc(F)c(OC(F)(F)F)c1. The quantitative estimate of drug-likeness (QED) is 0.282. The van der Waals surface area contributed by atoms with E-state index in [-0.39, 0.29) is 44.2 Å². The van der Waals surface area contributed by atoms with Gasteiger partial charge in [-0.05, 0) is 30.2 Å². The molecule has 1 amide bonds. The molecule has 2 aromatic rings. The van der Waals surface area contributed by atoms with Crippen molar-refractivity contribution in [2.75, 3.05) is 26.4 Å². The number of carbonyl (C=O) groups is 1. The molecule has 0 atom stereocenters. The molecule has 8 nitrogen and oxygen atoms in total. The van der Waals surface area contributed by atoms with Crippen molar-refractivity contribution in [3.8, 4) is 5.75 Å². The number of nitrogens with two attached hydrogens (primary N) is 1. The van der Waals surface area contributed by atoms with Crippen LogP contribution in [-0.2, 0) is 16.0 Å². The lowest BCUT2D eigenvalue weighted by molar-refractivity contribution is -0.275. The summed E-state index contributed by atoms with van der Waals surface area (Å²) in [7, 11) is 0. The number of alkyl halides is 3. The molecule has 12 heteroatoms. The smallest absolute Gasteiger partial charge is 0.404 e. The minimum Gasteiger partial charge on any atom is -0.404 e. The summed E-state index contributed by atoms with van der Waals surface area (Å²) in [5.41, 5.74) is 6.91. The number of amides is 1. The second kappa shape index (κ2) is 11.4. The van der Waals surface area contributed by atoms with Crippen molar-refractivity contribution >= 4 is 11.5 Å². The second-order valence-electron chi connectivity index (χ2n) is 6.47. The maximum atomic E-state index is 13.6. The Kier molecular flexibility index (Phi) is 8.91. The Labute approximate surface area is 181 Å². The van der Waals surface area contributed by atoms with Crippen molar-refractivity contribution < 1.29 is 36.9 Å². The summed E-state index contributed by atoms with van der Waals surface area (Å²) in [6.07, 6.45) is -2.45. The van der Waals surface area contributed by atoms with Crippen LogP contribution in [0, 0.1) is 12.7 Å². The van der Waals surface area contributed by atoms with Crippen molar-refractivity contribution in [2.45, 2.75) is 19.7 Å². The number of rotatable bonds is 10. The molecule has 0 fully saturated rings. The van der Waals surface area contributed by atoms with Crippen LogP contribution in [0.5, 0.6) is 5.75 Å². The third-order valence-electron chi connectivity index (χ3n) is 4.12. The van der Waals surface area contributed by atoms with E-state index in [0.29, 0.717) is 16.8 Å². The lowest BCUT2D eigenvalue weighted by Crippen LogP contribution is -2.29. The van der Waals surface area contributed by atoms with Crippen LogP contribution >= 0.6 is 0 Å². The van der Waals surface area contributed by atoms with Crippen molar-refractivity contribution in [3.05, 3.63) is 59.1 Å². The standard InChI is InChI=1S/C20H22F4N4O4/c1-12-14(8-13-2-3-16(21)17(9-13)32-20(22,23)24)11-27-18(28-12)15(10-25)19(30)26-4-6-31-7-5-29/h2-3,9-11,29H,4-8,25H2,1H3,(H,26,30)/b15-10+. The van der Waals surface area contributed by atoms with Gasteiger partial charge in [0, 0.05) is 31.1 Å². The third kappa shape index (κ3) is 7.46. The van der Waals surface area contributed by atoms with Gasteiger partial charge in [-0.2, -0.15) is 0 Å². The zero-order valence-electron chi connectivity index (χ0n) is 17.1. The van der Waals surface area contributed by atoms with E-state index in [1.807, 2.05) is 0 Å². The molecule has 0 saturated carbocycles. The van der Waals surface area contributed by atoms with Crippen LogP contribution < -0.4 is 15.8 Å². The summed E-state index contributed by atoms with van der Waals surface area (Å²) in [4.78, 5) is 20.7. The number of aryl methyl sites for hydroxylation is 1. The fourth-order valence-corrected chi connectivity index (χ4v) is 2.63. The number of aliphatic hydroxyl groups excluding tert-OH is 1. The molecule has 1 aromatic carbocycles.